The topological polar surface area (TPSA) is 26.0 Å². The maximum Gasteiger partial charge on any atom is 0.0331 e. The molecule has 0 amide bonds. The summed E-state index contributed by atoms with van der Waals surface area (Å²) < 4.78 is 2.20. The molecule has 0 radical (unpaired) electrons. The molecule has 2 N–H and O–H groups in total. The van der Waals surface area contributed by atoms with E-state index in [4.69, 9.17) is 5.73 Å². The van der Waals surface area contributed by atoms with Crippen LogP contribution in [0.25, 0.3) is 0 Å². The van der Waals surface area contributed by atoms with Crippen LogP contribution in [0.3, 0.4) is 0 Å². The summed E-state index contributed by atoms with van der Waals surface area (Å²) >= 11 is 8.87. The zero-order valence-corrected chi connectivity index (χ0v) is 13.0. The van der Waals surface area contributed by atoms with Gasteiger partial charge in [-0.1, -0.05) is 34.1 Å². The predicted octanol–water partition coefficient (Wildman–Crippen LogP) is 5.09. The summed E-state index contributed by atoms with van der Waals surface area (Å²) in [5, 5.41) is 0. The quantitative estimate of drug-likeness (QED) is 0.600. The fourth-order valence-electron chi connectivity index (χ4n) is 1.41. The number of hydrogen-bond acceptors (Lipinski definition) is 2. The van der Waals surface area contributed by atoms with Crippen LogP contribution in [-0.2, 0) is 5.75 Å². The molecule has 0 unspecified atom stereocenters. The average molecular weight is 373 g/mol. The van der Waals surface area contributed by atoms with Crippen LogP contribution in [-0.4, -0.2) is 0 Å². The number of halogens is 2. The van der Waals surface area contributed by atoms with Gasteiger partial charge in [-0.3, -0.25) is 0 Å². The highest BCUT2D eigenvalue weighted by atomic mass is 79.9. The molecule has 0 aromatic heterocycles. The second kappa shape index (κ2) is 5.94. The first-order chi connectivity index (χ1) is 8.16. The predicted molar refractivity (Wildman–Crippen MR) is 82.3 cm³/mol. The fraction of sp³-hybridized carbons (Fsp3) is 0.0769. The molecule has 0 saturated heterocycles. The molecule has 0 aliphatic rings. The fourth-order valence-corrected chi connectivity index (χ4v) is 3.68. The van der Waals surface area contributed by atoms with Gasteiger partial charge in [0, 0.05) is 25.3 Å². The third-order valence-electron chi connectivity index (χ3n) is 2.30. The Hall–Kier alpha value is -0.450. The number of benzene rings is 2. The van der Waals surface area contributed by atoms with Gasteiger partial charge in [0.1, 0.15) is 0 Å². The second-order valence-corrected chi connectivity index (χ2v) is 6.30. The second-order valence-electron chi connectivity index (χ2n) is 3.57. The normalized spacial score (nSPS) is 10.5. The molecular formula is C13H11Br2NS. The highest BCUT2D eigenvalue weighted by molar-refractivity contribution is 9.10. The van der Waals surface area contributed by atoms with Gasteiger partial charge >= 0.3 is 0 Å². The molecule has 0 aliphatic carbocycles. The van der Waals surface area contributed by atoms with Crippen molar-refractivity contribution in [2.45, 2.75) is 10.6 Å². The molecule has 0 atom stereocenters. The van der Waals surface area contributed by atoms with E-state index in [2.05, 4.69) is 50.1 Å². The van der Waals surface area contributed by atoms with Gasteiger partial charge in [-0.05, 0) is 45.8 Å². The number of rotatable bonds is 3. The minimum atomic E-state index is 0.780. The summed E-state index contributed by atoms with van der Waals surface area (Å²) in [6.45, 7) is 0. The summed E-state index contributed by atoms with van der Waals surface area (Å²) in [6, 6.07) is 14.2. The van der Waals surface area contributed by atoms with Crippen LogP contribution in [0.2, 0.25) is 0 Å². The van der Waals surface area contributed by atoms with Gasteiger partial charge in [-0.25, -0.2) is 0 Å². The molecule has 0 aliphatic heterocycles. The Bertz CT molecular complexity index is 529. The van der Waals surface area contributed by atoms with Crippen LogP contribution in [0.15, 0.2) is 56.3 Å². The molecule has 17 heavy (non-hydrogen) atoms. The van der Waals surface area contributed by atoms with Gasteiger partial charge in [0.2, 0.25) is 0 Å². The summed E-state index contributed by atoms with van der Waals surface area (Å²) in [4.78, 5) is 1.20. The minimum Gasteiger partial charge on any atom is -0.399 e. The van der Waals surface area contributed by atoms with Crippen LogP contribution in [0.4, 0.5) is 5.69 Å². The van der Waals surface area contributed by atoms with Crippen LogP contribution in [0.1, 0.15) is 5.56 Å². The Morgan fingerprint density at radius 1 is 1.00 bits per heavy atom. The van der Waals surface area contributed by atoms with Crippen molar-refractivity contribution in [3.8, 4) is 0 Å². The molecule has 1 nitrogen and oxygen atoms in total. The van der Waals surface area contributed by atoms with Crippen molar-refractivity contribution >= 4 is 49.3 Å². The molecule has 0 fully saturated rings. The van der Waals surface area contributed by atoms with E-state index in [1.165, 1.54) is 10.5 Å². The third kappa shape index (κ3) is 3.50. The lowest BCUT2D eigenvalue weighted by Gasteiger charge is -2.06. The first-order valence-electron chi connectivity index (χ1n) is 5.08. The van der Waals surface area contributed by atoms with Crippen molar-refractivity contribution in [2.24, 2.45) is 0 Å². The molecule has 2 rings (SSSR count). The first kappa shape index (κ1) is 13.0. The van der Waals surface area contributed by atoms with E-state index in [0.29, 0.717) is 0 Å². The number of hydrogen-bond donors (Lipinski definition) is 1. The number of thioether (sulfide) groups is 1. The van der Waals surface area contributed by atoms with Crippen molar-refractivity contribution in [1.29, 1.82) is 0 Å². The van der Waals surface area contributed by atoms with Crippen LogP contribution in [0.5, 0.6) is 0 Å². The van der Waals surface area contributed by atoms with Gasteiger partial charge in [0.15, 0.2) is 0 Å². The Morgan fingerprint density at radius 3 is 2.47 bits per heavy atom. The Labute approximate surface area is 122 Å². The Kier molecular flexibility index (Phi) is 4.54. The smallest absolute Gasteiger partial charge is 0.0331 e. The van der Waals surface area contributed by atoms with Crippen LogP contribution < -0.4 is 5.73 Å². The Morgan fingerprint density at radius 2 is 1.76 bits per heavy atom. The third-order valence-corrected chi connectivity index (χ3v) is 5.11. The van der Waals surface area contributed by atoms with E-state index >= 15 is 0 Å². The number of nitrogens with two attached hydrogens (primary N) is 1. The summed E-state index contributed by atoms with van der Waals surface area (Å²) in [7, 11) is 0. The van der Waals surface area contributed by atoms with E-state index in [-0.39, 0.29) is 0 Å². The molecule has 4 heteroatoms. The molecule has 0 saturated carbocycles. The molecule has 2 aromatic carbocycles. The van der Waals surface area contributed by atoms with Crippen LogP contribution in [0, 0.1) is 0 Å². The molecular weight excluding hydrogens is 362 g/mol. The number of nitrogen functional groups attached to an aromatic ring is 1. The summed E-state index contributed by atoms with van der Waals surface area (Å²) in [5.41, 5.74) is 7.78. The van der Waals surface area contributed by atoms with Gasteiger partial charge in [-0.15, -0.1) is 11.8 Å². The standard InChI is InChI=1S/C13H11Br2NS/c14-11-4-2-1-3-9(11)8-17-13-6-5-10(16)7-12(13)15/h1-7H,8,16H2. The molecule has 88 valence electrons. The largest absolute Gasteiger partial charge is 0.399 e. The maximum atomic E-state index is 5.71. The first-order valence-corrected chi connectivity index (χ1v) is 7.65. The Balaban J connectivity index is 2.10. The lowest BCUT2D eigenvalue weighted by molar-refractivity contribution is 1.34. The van der Waals surface area contributed by atoms with E-state index in [9.17, 15) is 0 Å². The monoisotopic (exact) mass is 371 g/mol. The van der Waals surface area contributed by atoms with Crippen molar-refractivity contribution in [2.75, 3.05) is 5.73 Å². The van der Waals surface area contributed by atoms with Crippen molar-refractivity contribution in [3.63, 3.8) is 0 Å². The van der Waals surface area contributed by atoms with Gasteiger partial charge in [0.05, 0.1) is 0 Å². The van der Waals surface area contributed by atoms with Crippen molar-refractivity contribution in [1.82, 2.24) is 0 Å². The molecule has 2 aromatic rings. The molecule has 0 spiro atoms. The SMILES string of the molecule is Nc1ccc(SCc2ccccc2Br)c(Br)c1. The number of anilines is 1. The van der Waals surface area contributed by atoms with Crippen LogP contribution >= 0.6 is 43.6 Å². The lowest BCUT2D eigenvalue weighted by atomic mass is 10.2. The molecule has 0 bridgehead atoms. The van der Waals surface area contributed by atoms with Gasteiger partial charge < -0.3 is 5.73 Å². The van der Waals surface area contributed by atoms with Gasteiger partial charge in [-0.2, -0.15) is 0 Å². The highest BCUT2D eigenvalue weighted by Crippen LogP contribution is 2.32. The molecule has 0 heterocycles. The summed E-state index contributed by atoms with van der Waals surface area (Å²) in [6.07, 6.45) is 0. The maximum absolute atomic E-state index is 5.71. The van der Waals surface area contributed by atoms with E-state index in [1.807, 2.05) is 24.3 Å². The van der Waals surface area contributed by atoms with Gasteiger partial charge in [0.25, 0.3) is 0 Å². The highest BCUT2D eigenvalue weighted by Gasteiger charge is 2.03. The minimum absolute atomic E-state index is 0.780. The lowest BCUT2D eigenvalue weighted by Crippen LogP contribution is -1.86. The zero-order chi connectivity index (χ0) is 12.3. The zero-order valence-electron chi connectivity index (χ0n) is 8.99. The average Bonchev–Trinajstić information content (AvgIpc) is 2.30. The summed E-state index contributed by atoms with van der Waals surface area (Å²) in [5.74, 6) is 0.934. The van der Waals surface area contributed by atoms with Crippen molar-refractivity contribution in [3.05, 3.63) is 57.0 Å². The van der Waals surface area contributed by atoms with E-state index in [1.54, 1.807) is 11.8 Å². The van der Waals surface area contributed by atoms with E-state index < -0.39 is 0 Å². The van der Waals surface area contributed by atoms with E-state index in [0.717, 1.165) is 20.4 Å². The van der Waals surface area contributed by atoms with Crippen molar-refractivity contribution < 1.29 is 0 Å².